The van der Waals surface area contributed by atoms with Crippen molar-refractivity contribution in [1.82, 2.24) is 20.2 Å². The van der Waals surface area contributed by atoms with Gasteiger partial charge in [-0.3, -0.25) is 9.78 Å². The third kappa shape index (κ3) is 5.69. The monoisotopic (exact) mass is 425 g/mol. The van der Waals surface area contributed by atoms with Gasteiger partial charge in [-0.2, -0.15) is 0 Å². The fourth-order valence-electron chi connectivity index (χ4n) is 2.65. The maximum atomic E-state index is 12.6. The van der Waals surface area contributed by atoms with Crippen molar-refractivity contribution in [3.05, 3.63) is 65.6 Å². The Morgan fingerprint density at radius 2 is 1.80 bits per heavy atom. The Kier molecular flexibility index (Phi) is 7.23. The molecule has 0 radical (unpaired) electrons. The van der Waals surface area contributed by atoms with Crippen molar-refractivity contribution in [2.24, 2.45) is 0 Å². The lowest BCUT2D eigenvalue weighted by Gasteiger charge is -2.10. The maximum absolute atomic E-state index is 12.6. The molecule has 0 aliphatic heterocycles. The number of benzene rings is 1. The van der Waals surface area contributed by atoms with E-state index in [1.54, 1.807) is 36.7 Å². The largest absolute Gasteiger partial charge is 0.476 e. The summed E-state index contributed by atoms with van der Waals surface area (Å²) in [7, 11) is 4.04. The van der Waals surface area contributed by atoms with Gasteiger partial charge in [0.05, 0.1) is 0 Å². The molecule has 0 bridgehead atoms. The molecular formula is C21H23N5O3S. The smallest absolute Gasteiger partial charge is 0.357 e. The molecule has 0 aliphatic carbocycles. The summed E-state index contributed by atoms with van der Waals surface area (Å²) in [5.41, 5.74) is 2.07. The third-order valence-corrected chi connectivity index (χ3v) is 5.28. The van der Waals surface area contributed by atoms with Gasteiger partial charge in [-0.1, -0.05) is 23.5 Å². The molecule has 0 unspecified atom stereocenters. The topological polar surface area (TPSA) is 107 Å². The molecule has 0 spiro atoms. The van der Waals surface area contributed by atoms with E-state index in [-0.39, 0.29) is 16.6 Å². The van der Waals surface area contributed by atoms with Gasteiger partial charge in [0.2, 0.25) is 0 Å². The Morgan fingerprint density at radius 3 is 2.43 bits per heavy atom. The number of anilines is 1. The van der Waals surface area contributed by atoms with Gasteiger partial charge in [-0.05, 0) is 43.9 Å². The van der Waals surface area contributed by atoms with Crippen LogP contribution in [-0.4, -0.2) is 59.0 Å². The minimum absolute atomic E-state index is 0.179. The van der Waals surface area contributed by atoms with Crippen LogP contribution in [0.15, 0.2) is 48.8 Å². The molecule has 3 N–H and O–H groups in total. The van der Waals surface area contributed by atoms with E-state index in [1.165, 1.54) is 0 Å². The predicted molar refractivity (Wildman–Crippen MR) is 117 cm³/mol. The Balaban J connectivity index is 1.68. The summed E-state index contributed by atoms with van der Waals surface area (Å²) in [4.78, 5) is 34.4. The first kappa shape index (κ1) is 21.6. The summed E-state index contributed by atoms with van der Waals surface area (Å²) in [6, 6.07) is 10.7. The van der Waals surface area contributed by atoms with Crippen LogP contribution in [0.3, 0.4) is 0 Å². The summed E-state index contributed by atoms with van der Waals surface area (Å²) < 4.78 is 0. The molecule has 1 amide bonds. The van der Waals surface area contributed by atoms with Crippen molar-refractivity contribution < 1.29 is 14.7 Å². The zero-order valence-electron chi connectivity index (χ0n) is 16.8. The molecule has 156 valence electrons. The molecule has 0 fully saturated rings. The second-order valence-electron chi connectivity index (χ2n) is 6.87. The number of hydrogen-bond acceptors (Lipinski definition) is 7. The standard InChI is InChI=1S/C21H23N5O3S/c1-26(2)12-11-23-13-14-3-5-15(6-4-14)18(27)25-20-17(21(28)29)24-19(30-20)16-7-9-22-10-8-16/h3-10,23H,11-13H2,1-2H3,(H,25,27)(H,28,29). The lowest BCUT2D eigenvalue weighted by atomic mass is 10.1. The molecule has 0 atom stereocenters. The van der Waals surface area contributed by atoms with Gasteiger partial charge in [0.15, 0.2) is 5.69 Å². The highest BCUT2D eigenvalue weighted by Crippen LogP contribution is 2.32. The maximum Gasteiger partial charge on any atom is 0.357 e. The predicted octanol–water partition coefficient (Wildman–Crippen LogP) is 2.81. The molecule has 9 heteroatoms. The van der Waals surface area contributed by atoms with E-state index < -0.39 is 5.97 Å². The second-order valence-corrected chi connectivity index (χ2v) is 7.87. The van der Waals surface area contributed by atoms with Crippen molar-refractivity contribution in [2.45, 2.75) is 6.54 Å². The minimum Gasteiger partial charge on any atom is -0.476 e. The van der Waals surface area contributed by atoms with E-state index in [0.717, 1.165) is 35.6 Å². The molecule has 30 heavy (non-hydrogen) atoms. The molecule has 2 heterocycles. The molecule has 2 aromatic heterocycles. The number of nitrogens with zero attached hydrogens (tertiary/aromatic N) is 3. The summed E-state index contributed by atoms with van der Waals surface area (Å²) >= 11 is 1.12. The average Bonchev–Trinajstić information content (AvgIpc) is 3.16. The fourth-order valence-corrected chi connectivity index (χ4v) is 3.61. The van der Waals surface area contributed by atoms with E-state index >= 15 is 0 Å². The van der Waals surface area contributed by atoms with Crippen LogP contribution in [0.25, 0.3) is 10.6 Å². The van der Waals surface area contributed by atoms with E-state index in [1.807, 2.05) is 26.2 Å². The number of carboxylic acids is 1. The van der Waals surface area contributed by atoms with E-state index in [4.69, 9.17) is 0 Å². The van der Waals surface area contributed by atoms with Crippen LogP contribution in [0.4, 0.5) is 5.00 Å². The van der Waals surface area contributed by atoms with Crippen LogP contribution in [0.5, 0.6) is 0 Å². The molecule has 0 aliphatic rings. The number of nitrogens with one attached hydrogen (secondary N) is 2. The highest BCUT2D eigenvalue weighted by atomic mass is 32.1. The van der Waals surface area contributed by atoms with Crippen LogP contribution in [0.2, 0.25) is 0 Å². The van der Waals surface area contributed by atoms with E-state index in [2.05, 4.69) is 25.5 Å². The number of aromatic carboxylic acids is 1. The number of rotatable bonds is 9. The number of carbonyl (C=O) groups is 2. The van der Waals surface area contributed by atoms with E-state index in [0.29, 0.717) is 17.1 Å². The molecule has 8 nitrogen and oxygen atoms in total. The Morgan fingerprint density at radius 1 is 1.10 bits per heavy atom. The summed E-state index contributed by atoms with van der Waals surface area (Å²) in [6.07, 6.45) is 3.21. The van der Waals surface area contributed by atoms with Gasteiger partial charge in [0.1, 0.15) is 10.0 Å². The van der Waals surface area contributed by atoms with Gasteiger partial charge >= 0.3 is 5.97 Å². The lowest BCUT2D eigenvalue weighted by molar-refractivity contribution is 0.0692. The van der Waals surface area contributed by atoms with Crippen LogP contribution in [0.1, 0.15) is 26.4 Å². The van der Waals surface area contributed by atoms with Crippen LogP contribution in [-0.2, 0) is 6.54 Å². The average molecular weight is 426 g/mol. The normalized spacial score (nSPS) is 10.9. The van der Waals surface area contributed by atoms with Crippen molar-refractivity contribution in [2.75, 3.05) is 32.5 Å². The highest BCUT2D eigenvalue weighted by Gasteiger charge is 2.20. The zero-order chi connectivity index (χ0) is 21.5. The lowest BCUT2D eigenvalue weighted by Crippen LogP contribution is -2.26. The van der Waals surface area contributed by atoms with E-state index in [9.17, 15) is 14.7 Å². The number of aromatic nitrogens is 2. The fraction of sp³-hybridized carbons (Fsp3) is 0.238. The van der Waals surface area contributed by atoms with Crippen LogP contribution in [0, 0.1) is 0 Å². The summed E-state index contributed by atoms with van der Waals surface area (Å²) in [6.45, 7) is 2.53. The van der Waals surface area contributed by atoms with Crippen LogP contribution >= 0.6 is 11.3 Å². The Hall–Kier alpha value is -3.14. The van der Waals surface area contributed by atoms with Crippen molar-refractivity contribution >= 4 is 28.2 Å². The number of thiazole rings is 1. The Labute approximate surface area is 178 Å². The minimum atomic E-state index is -1.19. The first-order valence-electron chi connectivity index (χ1n) is 9.34. The van der Waals surface area contributed by atoms with Gasteiger partial charge in [-0.15, -0.1) is 0 Å². The van der Waals surface area contributed by atoms with Gasteiger partial charge in [-0.25, -0.2) is 9.78 Å². The van der Waals surface area contributed by atoms with Gasteiger partial charge in [0.25, 0.3) is 5.91 Å². The first-order valence-corrected chi connectivity index (χ1v) is 10.2. The number of likely N-dealkylation sites (N-methyl/N-ethyl adjacent to an activating group) is 1. The highest BCUT2D eigenvalue weighted by molar-refractivity contribution is 7.19. The SMILES string of the molecule is CN(C)CCNCc1ccc(C(=O)Nc2sc(-c3ccncc3)nc2C(=O)O)cc1. The number of amides is 1. The quantitative estimate of drug-likeness (QED) is 0.453. The van der Waals surface area contributed by atoms with Crippen molar-refractivity contribution in [1.29, 1.82) is 0 Å². The van der Waals surface area contributed by atoms with Gasteiger partial charge < -0.3 is 20.6 Å². The number of pyridine rings is 1. The molecule has 0 saturated heterocycles. The second kappa shape index (κ2) is 10.1. The van der Waals surface area contributed by atoms with Crippen molar-refractivity contribution in [3.63, 3.8) is 0 Å². The summed E-state index contributed by atoms with van der Waals surface area (Å²) in [5.74, 6) is -1.57. The first-order chi connectivity index (χ1) is 14.4. The number of carboxylic acid groups (broad SMARTS) is 1. The Bertz CT molecular complexity index is 1000. The zero-order valence-corrected chi connectivity index (χ0v) is 17.6. The van der Waals surface area contributed by atoms with Crippen molar-refractivity contribution in [3.8, 4) is 10.6 Å². The van der Waals surface area contributed by atoms with Crippen LogP contribution < -0.4 is 10.6 Å². The molecular weight excluding hydrogens is 402 g/mol. The van der Waals surface area contributed by atoms with Gasteiger partial charge in [0, 0.05) is 43.2 Å². The number of hydrogen-bond donors (Lipinski definition) is 3. The third-order valence-electron chi connectivity index (χ3n) is 4.27. The molecule has 3 aromatic rings. The molecule has 3 rings (SSSR count). The molecule has 1 aromatic carbocycles. The summed E-state index contributed by atoms with van der Waals surface area (Å²) in [5, 5.41) is 16.2. The number of carbonyl (C=O) groups excluding carboxylic acids is 1. The molecule has 0 saturated carbocycles.